The summed E-state index contributed by atoms with van der Waals surface area (Å²) in [6.07, 6.45) is 0. The Hall–Kier alpha value is -6.91. The number of aromatic nitrogens is 4. The quantitative estimate of drug-likeness (QED) is 0.191. The van der Waals surface area contributed by atoms with Gasteiger partial charge in [-0.3, -0.25) is 0 Å². The smallest absolute Gasteiger partial charge is 0.166 e. The van der Waals surface area contributed by atoms with E-state index in [1.54, 1.807) is 0 Å². The number of fused-ring (bicyclic) bond motifs is 8. The summed E-state index contributed by atoms with van der Waals surface area (Å²) in [5.41, 5.74) is 11.2. The topological polar surface area (TPSA) is 43.6 Å². The van der Waals surface area contributed by atoms with Crippen LogP contribution in [0.1, 0.15) is 0 Å². The second-order valence-corrected chi connectivity index (χ2v) is 13.2. The highest BCUT2D eigenvalue weighted by Gasteiger charge is 2.24. The lowest BCUT2D eigenvalue weighted by atomic mass is 9.98. The predicted octanol–water partition coefficient (Wildman–Crippen LogP) is 11.9. The van der Waals surface area contributed by atoms with Gasteiger partial charge in [-0.15, -0.1) is 0 Å². The van der Waals surface area contributed by atoms with Crippen molar-refractivity contribution in [3.63, 3.8) is 0 Å². The van der Waals surface area contributed by atoms with E-state index in [9.17, 15) is 0 Å². The molecule has 0 amide bonds. The van der Waals surface area contributed by atoms with Gasteiger partial charge in [-0.25, -0.2) is 15.0 Å². The molecule has 0 aliphatic heterocycles. The Kier molecular flexibility index (Phi) is 5.92. The van der Waals surface area contributed by atoms with Crippen LogP contribution in [0.15, 0.2) is 170 Å². The van der Waals surface area contributed by atoms with Crippen molar-refractivity contribution in [2.45, 2.75) is 0 Å². The molecule has 0 bridgehead atoms. The van der Waals surface area contributed by atoms with Gasteiger partial charge in [-0.05, 0) is 62.7 Å². The zero-order valence-electron chi connectivity index (χ0n) is 27.5. The fourth-order valence-corrected chi connectivity index (χ4v) is 8.17. The molecule has 51 heavy (non-hydrogen) atoms. The summed E-state index contributed by atoms with van der Waals surface area (Å²) in [5.74, 6) is 1.93. The highest BCUT2D eigenvalue weighted by atomic mass is 15.1. The van der Waals surface area contributed by atoms with Gasteiger partial charge in [0.25, 0.3) is 0 Å². The van der Waals surface area contributed by atoms with Gasteiger partial charge in [0.05, 0.1) is 16.7 Å². The first-order valence-electron chi connectivity index (χ1n) is 17.3. The molecule has 2 heterocycles. The minimum atomic E-state index is 0.632. The Balaban J connectivity index is 1.20. The Morgan fingerprint density at radius 2 is 0.922 bits per heavy atom. The average Bonchev–Trinajstić information content (AvgIpc) is 3.72. The second kappa shape index (κ2) is 10.8. The molecule has 0 saturated heterocycles. The minimum absolute atomic E-state index is 0.632. The third-order valence-electron chi connectivity index (χ3n) is 10.4. The van der Waals surface area contributed by atoms with Crippen LogP contribution >= 0.6 is 0 Å². The van der Waals surface area contributed by atoms with Crippen LogP contribution < -0.4 is 0 Å². The first-order valence-corrected chi connectivity index (χ1v) is 17.3. The number of rotatable bonds is 4. The zero-order valence-corrected chi connectivity index (χ0v) is 27.5. The summed E-state index contributed by atoms with van der Waals surface area (Å²) in [6.45, 7) is 0. The summed E-state index contributed by atoms with van der Waals surface area (Å²) >= 11 is 0. The highest BCUT2D eigenvalue weighted by Crippen LogP contribution is 2.49. The molecular formula is C47H28N4. The molecule has 0 saturated carbocycles. The van der Waals surface area contributed by atoms with Crippen molar-refractivity contribution in [1.29, 1.82) is 0 Å². The van der Waals surface area contributed by atoms with E-state index < -0.39 is 0 Å². The van der Waals surface area contributed by atoms with Crippen LogP contribution in [-0.2, 0) is 0 Å². The predicted molar refractivity (Wildman–Crippen MR) is 210 cm³/mol. The molecule has 4 nitrogen and oxygen atoms in total. The third kappa shape index (κ3) is 4.11. The Morgan fingerprint density at radius 1 is 0.333 bits per heavy atom. The van der Waals surface area contributed by atoms with Gasteiger partial charge >= 0.3 is 0 Å². The Labute approximate surface area is 294 Å². The van der Waals surface area contributed by atoms with Crippen molar-refractivity contribution in [3.05, 3.63) is 170 Å². The van der Waals surface area contributed by atoms with E-state index in [1.807, 2.05) is 18.2 Å². The molecule has 236 valence electrons. The molecule has 0 N–H and O–H groups in total. The molecular weight excluding hydrogens is 621 g/mol. The normalized spacial score (nSPS) is 11.9. The number of benzene rings is 8. The van der Waals surface area contributed by atoms with E-state index in [0.717, 1.165) is 33.3 Å². The Bertz CT molecular complexity index is 3000. The van der Waals surface area contributed by atoms with Crippen molar-refractivity contribution < 1.29 is 0 Å². The summed E-state index contributed by atoms with van der Waals surface area (Å²) in [6, 6.07) is 60.1. The second-order valence-electron chi connectivity index (χ2n) is 13.2. The van der Waals surface area contributed by atoms with Gasteiger partial charge in [0.1, 0.15) is 0 Å². The number of nitrogens with zero attached hydrogens (tertiary/aromatic N) is 4. The lowest BCUT2D eigenvalue weighted by Crippen LogP contribution is -2.04. The van der Waals surface area contributed by atoms with Gasteiger partial charge in [0.15, 0.2) is 17.5 Å². The van der Waals surface area contributed by atoms with E-state index in [4.69, 9.17) is 15.0 Å². The number of hydrogen-bond acceptors (Lipinski definition) is 3. The maximum absolute atomic E-state index is 5.34. The highest BCUT2D eigenvalue weighted by molar-refractivity contribution is 6.20. The van der Waals surface area contributed by atoms with Crippen molar-refractivity contribution >= 4 is 43.4 Å². The SMILES string of the molecule is c1ccc(-c2nc(-c3ccccc3-n3c4ccccc4c4ccc5ccccc5c43)nc(-c3ccc4c5c(cccc35)-c3ccccc3-4)n2)cc1. The third-order valence-corrected chi connectivity index (χ3v) is 10.4. The lowest BCUT2D eigenvalue weighted by Gasteiger charge is -2.16. The fraction of sp³-hybridized carbons (Fsp3) is 0. The van der Waals surface area contributed by atoms with Crippen LogP contribution in [-0.4, -0.2) is 19.5 Å². The first-order chi connectivity index (χ1) is 25.3. The molecule has 1 aliphatic rings. The van der Waals surface area contributed by atoms with Crippen molar-refractivity contribution in [2.75, 3.05) is 0 Å². The molecule has 0 unspecified atom stereocenters. The summed E-state index contributed by atoms with van der Waals surface area (Å²) < 4.78 is 2.39. The molecule has 11 rings (SSSR count). The summed E-state index contributed by atoms with van der Waals surface area (Å²) in [7, 11) is 0. The van der Waals surface area contributed by atoms with Crippen molar-refractivity contribution in [1.82, 2.24) is 19.5 Å². The molecule has 0 fully saturated rings. The van der Waals surface area contributed by atoms with E-state index >= 15 is 0 Å². The van der Waals surface area contributed by atoms with E-state index in [1.165, 1.54) is 54.7 Å². The minimum Gasteiger partial charge on any atom is -0.308 e. The van der Waals surface area contributed by atoms with Gasteiger partial charge < -0.3 is 4.57 Å². The molecule has 1 aliphatic carbocycles. The van der Waals surface area contributed by atoms with Crippen molar-refractivity contribution in [2.24, 2.45) is 0 Å². The maximum atomic E-state index is 5.34. The summed E-state index contributed by atoms with van der Waals surface area (Å²) in [4.78, 5) is 15.7. The molecule has 4 heteroatoms. The van der Waals surface area contributed by atoms with Crippen LogP contribution in [0, 0.1) is 0 Å². The van der Waals surface area contributed by atoms with Gasteiger partial charge in [0.2, 0.25) is 0 Å². The van der Waals surface area contributed by atoms with Crippen LogP contribution in [0.2, 0.25) is 0 Å². The van der Waals surface area contributed by atoms with Crippen LogP contribution in [0.3, 0.4) is 0 Å². The maximum Gasteiger partial charge on any atom is 0.166 e. The van der Waals surface area contributed by atoms with Gasteiger partial charge in [0, 0.05) is 32.8 Å². The Morgan fingerprint density at radius 3 is 1.76 bits per heavy atom. The molecule has 8 aromatic carbocycles. The summed E-state index contributed by atoms with van der Waals surface area (Å²) in [5, 5.41) is 7.22. The van der Waals surface area contributed by atoms with Crippen molar-refractivity contribution in [3.8, 4) is 62.1 Å². The molecule has 2 aromatic heterocycles. The van der Waals surface area contributed by atoms with Gasteiger partial charge in [-0.1, -0.05) is 146 Å². The average molecular weight is 649 g/mol. The zero-order chi connectivity index (χ0) is 33.5. The largest absolute Gasteiger partial charge is 0.308 e. The first kappa shape index (κ1) is 28.0. The van der Waals surface area contributed by atoms with Crippen LogP contribution in [0.4, 0.5) is 0 Å². The van der Waals surface area contributed by atoms with E-state index in [2.05, 4.69) is 156 Å². The van der Waals surface area contributed by atoms with Crippen LogP contribution in [0.5, 0.6) is 0 Å². The molecule has 0 spiro atoms. The molecule has 10 aromatic rings. The van der Waals surface area contributed by atoms with Gasteiger partial charge in [-0.2, -0.15) is 0 Å². The monoisotopic (exact) mass is 648 g/mol. The fourth-order valence-electron chi connectivity index (χ4n) is 8.17. The molecule has 0 atom stereocenters. The molecule has 0 radical (unpaired) electrons. The standard InChI is InChI=1S/C47H28N4/c1-2-14-30(15-3-1)45-48-46(39-28-27-37-33-18-7-6-17-32(33)35-21-12-22-36(39)43(35)37)50-47(49-45)40-20-9-11-24-42(40)51-41-23-10-8-19-34(41)38-26-25-29-13-4-5-16-31(29)44(38)51/h1-28H. The van der Waals surface area contributed by atoms with E-state index in [-0.39, 0.29) is 0 Å². The number of hydrogen-bond donors (Lipinski definition) is 0. The number of para-hydroxylation sites is 2. The lowest BCUT2D eigenvalue weighted by molar-refractivity contribution is 1.07. The van der Waals surface area contributed by atoms with Crippen LogP contribution in [0.25, 0.3) is 105 Å². The van der Waals surface area contributed by atoms with E-state index in [0.29, 0.717) is 17.5 Å².